The van der Waals surface area contributed by atoms with E-state index in [4.69, 9.17) is 5.26 Å². The number of nitrogens with one attached hydrogen (secondary N) is 1. The van der Waals surface area contributed by atoms with Gasteiger partial charge in [0.1, 0.15) is 0 Å². The van der Waals surface area contributed by atoms with Gasteiger partial charge in [-0.25, -0.2) is 0 Å². The molecule has 0 bridgehead atoms. The molecule has 2 aliphatic rings. The number of benzene rings is 1. The first kappa shape index (κ1) is 12.0. The maximum Gasteiger partial charge on any atom is 0.246 e. The van der Waals surface area contributed by atoms with E-state index in [1.807, 2.05) is 29.0 Å². The Kier molecular flexibility index (Phi) is 2.88. The van der Waals surface area contributed by atoms with Crippen LogP contribution in [-0.4, -0.2) is 38.6 Å². The van der Waals surface area contributed by atoms with Crippen LogP contribution in [0.25, 0.3) is 0 Å². The Morgan fingerprint density at radius 1 is 1.42 bits per heavy atom. The fourth-order valence-corrected chi connectivity index (χ4v) is 2.87. The molecule has 2 aliphatic heterocycles. The Labute approximate surface area is 112 Å². The lowest BCUT2D eigenvalue weighted by Crippen LogP contribution is -2.50. The van der Waals surface area contributed by atoms with Crippen LogP contribution in [0.5, 0.6) is 0 Å². The molecule has 19 heavy (non-hydrogen) atoms. The minimum Gasteiger partial charge on any atom is -0.364 e. The van der Waals surface area contributed by atoms with Crippen LogP contribution >= 0.6 is 0 Å². The van der Waals surface area contributed by atoms with Crippen LogP contribution in [0.3, 0.4) is 0 Å². The van der Waals surface area contributed by atoms with E-state index >= 15 is 0 Å². The Balaban J connectivity index is 2.08. The number of amides is 1. The number of anilines is 2. The van der Waals surface area contributed by atoms with Crippen molar-refractivity contribution in [1.29, 1.82) is 5.26 Å². The molecular weight excluding hydrogens is 240 g/mol. The highest BCUT2D eigenvalue weighted by atomic mass is 16.2. The lowest BCUT2D eigenvalue weighted by atomic mass is 10.1. The summed E-state index contributed by atoms with van der Waals surface area (Å²) in [6.07, 6.45) is 0.964. The normalized spacial score (nSPS) is 22.3. The summed E-state index contributed by atoms with van der Waals surface area (Å²) in [5.41, 5.74) is 2.48. The Hall–Kier alpha value is -2.06. The molecule has 1 aromatic carbocycles. The van der Waals surface area contributed by atoms with Gasteiger partial charge in [-0.15, -0.1) is 0 Å². The molecule has 2 heterocycles. The Morgan fingerprint density at radius 2 is 2.26 bits per heavy atom. The summed E-state index contributed by atoms with van der Waals surface area (Å²) >= 11 is 0. The topological polar surface area (TPSA) is 59.4 Å². The number of rotatable bonds is 1. The molecule has 0 aromatic heterocycles. The summed E-state index contributed by atoms with van der Waals surface area (Å²) in [5.74, 6) is 0.110. The molecular formula is C14H16N4O. The largest absolute Gasteiger partial charge is 0.364 e. The van der Waals surface area contributed by atoms with Gasteiger partial charge in [-0.1, -0.05) is 0 Å². The molecule has 0 radical (unpaired) electrons. The van der Waals surface area contributed by atoms with E-state index < -0.39 is 0 Å². The summed E-state index contributed by atoms with van der Waals surface area (Å²) in [5, 5.41) is 12.3. The zero-order chi connectivity index (χ0) is 13.4. The molecule has 98 valence electrons. The van der Waals surface area contributed by atoms with Crippen molar-refractivity contribution in [3.8, 4) is 6.07 Å². The molecule has 0 spiro atoms. The molecule has 1 aromatic rings. The number of carbonyl (C=O) groups excluding carboxylic acids is 1. The molecule has 1 amide bonds. The third-order valence-electron chi connectivity index (χ3n) is 3.82. The fourth-order valence-electron chi connectivity index (χ4n) is 2.87. The highest BCUT2D eigenvalue weighted by Crippen LogP contribution is 2.35. The highest BCUT2D eigenvalue weighted by molar-refractivity contribution is 6.03. The van der Waals surface area contributed by atoms with E-state index in [2.05, 4.69) is 11.4 Å². The number of hydrogen-bond acceptors (Lipinski definition) is 4. The third kappa shape index (κ3) is 1.94. The van der Waals surface area contributed by atoms with E-state index in [0.29, 0.717) is 12.1 Å². The van der Waals surface area contributed by atoms with E-state index in [1.54, 1.807) is 6.07 Å². The van der Waals surface area contributed by atoms with Crippen LogP contribution in [0.4, 0.5) is 11.4 Å². The molecule has 1 atom stereocenters. The third-order valence-corrected chi connectivity index (χ3v) is 3.82. The molecule has 0 aliphatic carbocycles. The van der Waals surface area contributed by atoms with Gasteiger partial charge in [-0.2, -0.15) is 5.26 Å². The van der Waals surface area contributed by atoms with Crippen molar-refractivity contribution < 1.29 is 4.79 Å². The minimum absolute atomic E-state index is 0.110. The van der Waals surface area contributed by atoms with Crippen LogP contribution < -0.4 is 15.1 Å². The van der Waals surface area contributed by atoms with Crippen LogP contribution in [0.1, 0.15) is 12.0 Å². The zero-order valence-electron chi connectivity index (χ0n) is 10.9. The number of nitrogens with zero attached hydrogens (tertiary/aromatic N) is 3. The second-order valence-corrected chi connectivity index (χ2v) is 5.08. The maximum atomic E-state index is 12.3. The number of likely N-dealkylation sites (N-methyl/N-ethyl adjacent to an activating group) is 1. The Bertz CT molecular complexity index is 557. The van der Waals surface area contributed by atoms with Crippen LogP contribution in [0.15, 0.2) is 18.2 Å². The SMILES string of the molecule is CN1CC(=O)N(C2CCNC2)c2cc(C#N)ccc21. The van der Waals surface area contributed by atoms with Crippen molar-refractivity contribution >= 4 is 17.3 Å². The number of fused-ring (bicyclic) bond motifs is 1. The van der Waals surface area contributed by atoms with Gasteiger partial charge in [0.05, 0.1) is 35.6 Å². The maximum absolute atomic E-state index is 12.3. The first-order valence-corrected chi connectivity index (χ1v) is 6.49. The van der Waals surface area contributed by atoms with E-state index in [0.717, 1.165) is 30.9 Å². The number of carbonyl (C=O) groups is 1. The van der Waals surface area contributed by atoms with Gasteiger partial charge in [-0.05, 0) is 31.2 Å². The molecule has 1 N–H and O–H groups in total. The fraction of sp³-hybridized carbons (Fsp3) is 0.429. The smallest absolute Gasteiger partial charge is 0.246 e. The summed E-state index contributed by atoms with van der Waals surface area (Å²) < 4.78 is 0. The minimum atomic E-state index is 0.110. The van der Waals surface area contributed by atoms with Gasteiger partial charge in [0.2, 0.25) is 5.91 Å². The van der Waals surface area contributed by atoms with Crippen LogP contribution in [0.2, 0.25) is 0 Å². The van der Waals surface area contributed by atoms with Gasteiger partial charge in [0.15, 0.2) is 0 Å². The van der Waals surface area contributed by atoms with Gasteiger partial charge in [0, 0.05) is 13.6 Å². The van der Waals surface area contributed by atoms with Crippen LogP contribution in [-0.2, 0) is 4.79 Å². The van der Waals surface area contributed by atoms with Crippen molar-refractivity contribution in [3.05, 3.63) is 23.8 Å². The number of nitriles is 1. The van der Waals surface area contributed by atoms with Crippen molar-refractivity contribution in [2.75, 3.05) is 36.5 Å². The average molecular weight is 256 g/mol. The standard InChI is InChI=1S/C14H16N4O/c1-17-9-14(19)18(11-4-5-16-8-11)13-6-10(7-15)2-3-12(13)17/h2-3,6,11,16H,4-5,8-9H2,1H3. The second kappa shape index (κ2) is 4.56. The molecule has 1 saturated heterocycles. The average Bonchev–Trinajstić information content (AvgIpc) is 2.92. The molecule has 0 saturated carbocycles. The second-order valence-electron chi connectivity index (χ2n) is 5.08. The highest BCUT2D eigenvalue weighted by Gasteiger charge is 2.34. The van der Waals surface area contributed by atoms with Crippen molar-refractivity contribution in [2.24, 2.45) is 0 Å². The van der Waals surface area contributed by atoms with Crippen molar-refractivity contribution in [1.82, 2.24) is 5.32 Å². The van der Waals surface area contributed by atoms with Gasteiger partial charge >= 0.3 is 0 Å². The first-order valence-electron chi connectivity index (χ1n) is 6.49. The molecule has 1 fully saturated rings. The van der Waals surface area contributed by atoms with Gasteiger partial charge in [-0.3, -0.25) is 4.79 Å². The molecule has 3 rings (SSSR count). The predicted molar refractivity (Wildman–Crippen MR) is 73.2 cm³/mol. The quantitative estimate of drug-likeness (QED) is 0.803. The lowest BCUT2D eigenvalue weighted by Gasteiger charge is -2.38. The number of hydrogen-bond donors (Lipinski definition) is 1. The monoisotopic (exact) mass is 256 g/mol. The lowest BCUT2D eigenvalue weighted by molar-refractivity contribution is -0.117. The van der Waals surface area contributed by atoms with E-state index in [9.17, 15) is 4.79 Å². The first-order chi connectivity index (χ1) is 9.20. The molecule has 1 unspecified atom stereocenters. The van der Waals surface area contributed by atoms with Crippen LogP contribution in [0, 0.1) is 11.3 Å². The summed E-state index contributed by atoms with van der Waals surface area (Å²) in [4.78, 5) is 16.1. The van der Waals surface area contributed by atoms with Gasteiger partial charge in [0.25, 0.3) is 0 Å². The van der Waals surface area contributed by atoms with Crippen molar-refractivity contribution in [3.63, 3.8) is 0 Å². The zero-order valence-corrected chi connectivity index (χ0v) is 10.9. The molecule has 5 heteroatoms. The summed E-state index contributed by atoms with van der Waals surface area (Å²) in [6, 6.07) is 7.90. The van der Waals surface area contributed by atoms with E-state index in [1.165, 1.54) is 0 Å². The molecule has 5 nitrogen and oxygen atoms in total. The summed E-state index contributed by atoms with van der Waals surface area (Å²) in [7, 11) is 1.91. The Morgan fingerprint density at radius 3 is 2.95 bits per heavy atom. The predicted octanol–water partition coefficient (Wildman–Crippen LogP) is 0.703. The van der Waals surface area contributed by atoms with Crippen molar-refractivity contribution in [2.45, 2.75) is 12.5 Å². The van der Waals surface area contributed by atoms with E-state index in [-0.39, 0.29) is 11.9 Å². The summed E-state index contributed by atoms with van der Waals surface area (Å²) in [6.45, 7) is 2.17. The van der Waals surface area contributed by atoms with Gasteiger partial charge < -0.3 is 15.1 Å².